The molecular weight excluding hydrogens is 236 g/mol. The Hall–Kier alpha value is -2.50. The van der Waals surface area contributed by atoms with Crippen LogP contribution in [-0.2, 0) is 0 Å². The predicted octanol–water partition coefficient (Wildman–Crippen LogP) is 1.81. The molecule has 0 unspecified atom stereocenters. The fraction of sp³-hybridized carbons (Fsp3) is 0.167. The Kier molecular flexibility index (Phi) is 2.22. The molecular formula is C12H10N2O4. The fourth-order valence-corrected chi connectivity index (χ4v) is 1.90. The van der Waals surface area contributed by atoms with E-state index in [1.165, 1.54) is 6.20 Å². The monoisotopic (exact) mass is 246 g/mol. The van der Waals surface area contributed by atoms with Gasteiger partial charge in [0.05, 0.1) is 11.9 Å². The van der Waals surface area contributed by atoms with Gasteiger partial charge in [0.25, 0.3) is 0 Å². The van der Waals surface area contributed by atoms with Crippen LogP contribution in [0.5, 0.6) is 11.5 Å². The Bertz CT molecular complexity index is 633. The minimum Gasteiger partial charge on any atom is -0.475 e. The third-order valence-corrected chi connectivity index (χ3v) is 2.79. The normalized spacial score (nSPS) is 12.7. The number of hydrogen-bond donors (Lipinski definition) is 2. The highest BCUT2D eigenvalue weighted by Crippen LogP contribution is 2.37. The topological polar surface area (TPSA) is 84.4 Å². The number of benzene rings is 1. The molecule has 1 aromatic carbocycles. The van der Waals surface area contributed by atoms with Gasteiger partial charge in [-0.2, -0.15) is 0 Å². The molecule has 2 aromatic rings. The zero-order chi connectivity index (χ0) is 12.7. The van der Waals surface area contributed by atoms with Crippen molar-refractivity contribution < 1.29 is 19.4 Å². The molecule has 1 aliphatic heterocycles. The summed E-state index contributed by atoms with van der Waals surface area (Å²) in [5.41, 5.74) is 2.45. The van der Waals surface area contributed by atoms with Crippen LogP contribution in [0.3, 0.4) is 0 Å². The summed E-state index contributed by atoms with van der Waals surface area (Å²) in [7, 11) is 0. The van der Waals surface area contributed by atoms with Gasteiger partial charge in [0.2, 0.25) is 12.6 Å². The summed E-state index contributed by atoms with van der Waals surface area (Å²) in [5, 5.41) is 8.83. The number of fused-ring (bicyclic) bond motifs is 1. The molecule has 6 nitrogen and oxygen atoms in total. The van der Waals surface area contributed by atoms with Crippen LogP contribution in [0.25, 0.3) is 11.3 Å². The molecule has 1 aromatic heterocycles. The largest absolute Gasteiger partial charge is 0.475 e. The molecule has 0 radical (unpaired) electrons. The third-order valence-electron chi connectivity index (χ3n) is 2.79. The molecule has 0 fully saturated rings. The van der Waals surface area contributed by atoms with E-state index in [0.29, 0.717) is 17.2 Å². The van der Waals surface area contributed by atoms with E-state index in [9.17, 15) is 4.79 Å². The second-order valence-electron chi connectivity index (χ2n) is 3.97. The lowest BCUT2D eigenvalue weighted by Gasteiger charge is -2.05. The molecule has 1 aliphatic rings. The second kappa shape index (κ2) is 3.76. The van der Waals surface area contributed by atoms with E-state index in [-0.39, 0.29) is 12.6 Å². The highest BCUT2D eigenvalue weighted by atomic mass is 16.7. The Morgan fingerprint density at radius 1 is 1.39 bits per heavy atom. The molecule has 0 saturated heterocycles. The number of nitrogens with zero attached hydrogens (tertiary/aromatic N) is 1. The number of imidazole rings is 1. The van der Waals surface area contributed by atoms with Crippen molar-refractivity contribution in [3.8, 4) is 22.8 Å². The fourth-order valence-electron chi connectivity index (χ4n) is 1.90. The molecule has 0 atom stereocenters. The lowest BCUT2D eigenvalue weighted by molar-refractivity contribution is 0.0685. The van der Waals surface area contributed by atoms with Gasteiger partial charge in [-0.3, -0.25) is 0 Å². The molecule has 0 aliphatic carbocycles. The quantitative estimate of drug-likeness (QED) is 0.844. The molecule has 18 heavy (non-hydrogen) atoms. The highest BCUT2D eigenvalue weighted by Gasteiger charge is 2.18. The van der Waals surface area contributed by atoms with Crippen LogP contribution in [0.1, 0.15) is 16.2 Å². The van der Waals surface area contributed by atoms with E-state index in [0.717, 1.165) is 11.1 Å². The van der Waals surface area contributed by atoms with E-state index in [2.05, 4.69) is 9.97 Å². The van der Waals surface area contributed by atoms with Gasteiger partial charge in [0, 0.05) is 5.56 Å². The van der Waals surface area contributed by atoms with Gasteiger partial charge in [0.15, 0.2) is 11.5 Å². The number of nitrogens with one attached hydrogen (secondary N) is 1. The van der Waals surface area contributed by atoms with E-state index in [1.54, 1.807) is 0 Å². The SMILES string of the molecule is Cc1cc2c(cc1-c1cnc(C(=O)O)[nH]1)OCO2. The van der Waals surface area contributed by atoms with Gasteiger partial charge in [-0.15, -0.1) is 0 Å². The molecule has 0 bridgehead atoms. The van der Waals surface area contributed by atoms with Crippen LogP contribution in [0.2, 0.25) is 0 Å². The van der Waals surface area contributed by atoms with Crippen molar-refractivity contribution in [1.82, 2.24) is 9.97 Å². The summed E-state index contributed by atoms with van der Waals surface area (Å²) in [6.07, 6.45) is 1.49. The smallest absolute Gasteiger partial charge is 0.371 e. The first kappa shape index (κ1) is 10.6. The molecule has 0 saturated carbocycles. The number of aromatic carboxylic acids is 1. The van der Waals surface area contributed by atoms with Gasteiger partial charge in [-0.1, -0.05) is 0 Å². The summed E-state index contributed by atoms with van der Waals surface area (Å²) in [5.74, 6) is 0.193. The Morgan fingerprint density at radius 2 is 2.11 bits per heavy atom. The number of hydrogen-bond acceptors (Lipinski definition) is 4. The molecule has 2 N–H and O–H groups in total. The van der Waals surface area contributed by atoms with Crippen LogP contribution in [0.4, 0.5) is 0 Å². The number of carboxylic acid groups (broad SMARTS) is 1. The molecule has 0 amide bonds. The third kappa shape index (κ3) is 1.58. The maximum Gasteiger partial charge on any atom is 0.371 e. The standard InChI is InChI=1S/C12H10N2O4/c1-6-2-9-10(18-5-17-9)3-7(6)8-4-13-11(14-8)12(15)16/h2-4H,5H2,1H3,(H,13,14)(H,15,16). The highest BCUT2D eigenvalue weighted by molar-refractivity contribution is 5.84. The van der Waals surface area contributed by atoms with E-state index >= 15 is 0 Å². The van der Waals surface area contributed by atoms with Gasteiger partial charge >= 0.3 is 5.97 Å². The van der Waals surface area contributed by atoms with Crippen LogP contribution in [-0.4, -0.2) is 27.8 Å². The summed E-state index contributed by atoms with van der Waals surface area (Å²) < 4.78 is 10.6. The van der Waals surface area contributed by atoms with Gasteiger partial charge in [0.1, 0.15) is 0 Å². The Balaban J connectivity index is 2.08. The summed E-state index contributed by atoms with van der Waals surface area (Å²) in [4.78, 5) is 17.3. The molecule has 2 heterocycles. The summed E-state index contributed by atoms with van der Waals surface area (Å²) in [6, 6.07) is 3.68. The van der Waals surface area contributed by atoms with Crippen molar-refractivity contribution in [2.75, 3.05) is 6.79 Å². The number of carboxylic acids is 1. The number of aromatic amines is 1. The maximum atomic E-state index is 10.8. The van der Waals surface area contributed by atoms with Crippen LogP contribution < -0.4 is 9.47 Å². The van der Waals surface area contributed by atoms with Crippen LogP contribution in [0.15, 0.2) is 18.3 Å². The van der Waals surface area contributed by atoms with Crippen molar-refractivity contribution in [3.05, 3.63) is 29.7 Å². The van der Waals surface area contributed by atoms with Gasteiger partial charge in [-0.25, -0.2) is 9.78 Å². The van der Waals surface area contributed by atoms with Crippen molar-refractivity contribution >= 4 is 5.97 Å². The lowest BCUT2D eigenvalue weighted by atomic mass is 10.1. The number of ether oxygens (including phenoxy) is 2. The number of carbonyl (C=O) groups is 1. The lowest BCUT2D eigenvalue weighted by Crippen LogP contribution is -1.98. The first-order valence-electron chi connectivity index (χ1n) is 5.34. The van der Waals surface area contributed by atoms with Crippen molar-refractivity contribution in [1.29, 1.82) is 0 Å². The van der Waals surface area contributed by atoms with Crippen molar-refractivity contribution in [2.45, 2.75) is 6.92 Å². The predicted molar refractivity (Wildman–Crippen MR) is 61.8 cm³/mol. The van der Waals surface area contributed by atoms with Crippen LogP contribution in [0, 0.1) is 6.92 Å². The Labute approximate surface area is 102 Å². The minimum atomic E-state index is -1.08. The van der Waals surface area contributed by atoms with Gasteiger partial charge in [-0.05, 0) is 24.6 Å². The molecule has 6 heteroatoms. The van der Waals surface area contributed by atoms with E-state index in [4.69, 9.17) is 14.6 Å². The maximum absolute atomic E-state index is 10.8. The van der Waals surface area contributed by atoms with Crippen molar-refractivity contribution in [2.24, 2.45) is 0 Å². The van der Waals surface area contributed by atoms with E-state index in [1.807, 2.05) is 19.1 Å². The zero-order valence-corrected chi connectivity index (χ0v) is 9.56. The second-order valence-corrected chi connectivity index (χ2v) is 3.97. The molecule has 3 rings (SSSR count). The van der Waals surface area contributed by atoms with Crippen molar-refractivity contribution in [3.63, 3.8) is 0 Å². The minimum absolute atomic E-state index is 0.0814. The Morgan fingerprint density at radius 3 is 2.78 bits per heavy atom. The van der Waals surface area contributed by atoms with Crippen LogP contribution >= 0.6 is 0 Å². The first-order valence-corrected chi connectivity index (χ1v) is 5.34. The zero-order valence-electron chi connectivity index (χ0n) is 9.56. The number of H-pyrrole nitrogens is 1. The van der Waals surface area contributed by atoms with Gasteiger partial charge < -0.3 is 19.6 Å². The average molecular weight is 246 g/mol. The molecule has 92 valence electrons. The molecule has 0 spiro atoms. The number of rotatable bonds is 2. The summed E-state index contributed by atoms with van der Waals surface area (Å²) >= 11 is 0. The number of aromatic nitrogens is 2. The average Bonchev–Trinajstić information content (AvgIpc) is 2.94. The first-order chi connectivity index (χ1) is 8.65. The van der Waals surface area contributed by atoms with E-state index < -0.39 is 5.97 Å². The summed E-state index contributed by atoms with van der Waals surface area (Å²) in [6.45, 7) is 2.13. The number of aryl methyl sites for hydroxylation is 1.